The van der Waals surface area contributed by atoms with Gasteiger partial charge in [0.25, 0.3) is 0 Å². The lowest BCUT2D eigenvalue weighted by Crippen LogP contribution is -2.12. The van der Waals surface area contributed by atoms with Gasteiger partial charge in [0.1, 0.15) is 0 Å². The Morgan fingerprint density at radius 3 is 2.93 bits per heavy atom. The van der Waals surface area contributed by atoms with Crippen molar-refractivity contribution in [3.63, 3.8) is 0 Å². The zero-order chi connectivity index (χ0) is 10.7. The summed E-state index contributed by atoms with van der Waals surface area (Å²) in [5, 5.41) is 15.3. The molecule has 0 aliphatic carbocycles. The Hall–Kier alpha value is -0.970. The summed E-state index contributed by atoms with van der Waals surface area (Å²) < 4.78 is 0. The molecule has 82 valence electrons. The number of thioether (sulfide) groups is 1. The summed E-state index contributed by atoms with van der Waals surface area (Å²) in [4.78, 5) is 10.6. The van der Waals surface area contributed by atoms with E-state index in [-0.39, 0.29) is 5.69 Å². The van der Waals surface area contributed by atoms with E-state index in [2.05, 4.69) is 10.2 Å². The number of aromatic carboxylic acids is 1. The largest absolute Gasteiger partial charge is 0.476 e. The molecular weight excluding hydrogens is 212 g/mol. The van der Waals surface area contributed by atoms with Crippen LogP contribution in [0.5, 0.6) is 0 Å². The molecule has 2 rings (SSSR count). The van der Waals surface area contributed by atoms with Crippen molar-refractivity contribution in [3.8, 4) is 0 Å². The third kappa shape index (κ3) is 2.75. The summed E-state index contributed by atoms with van der Waals surface area (Å²) in [6.45, 7) is 0. The van der Waals surface area contributed by atoms with E-state index >= 15 is 0 Å². The molecule has 1 aromatic rings. The lowest BCUT2D eigenvalue weighted by atomic mass is 9.97. The van der Waals surface area contributed by atoms with Crippen LogP contribution < -0.4 is 0 Å². The van der Waals surface area contributed by atoms with Crippen molar-refractivity contribution in [2.75, 3.05) is 11.5 Å². The van der Waals surface area contributed by atoms with Gasteiger partial charge in [-0.25, -0.2) is 4.79 Å². The fourth-order valence-corrected chi connectivity index (χ4v) is 3.04. The maximum atomic E-state index is 10.6. The average molecular weight is 226 g/mol. The van der Waals surface area contributed by atoms with Crippen LogP contribution in [0.4, 0.5) is 0 Å². The first-order valence-corrected chi connectivity index (χ1v) is 6.26. The normalized spacial score (nSPS) is 17.9. The molecule has 0 unspecified atom stereocenters. The van der Waals surface area contributed by atoms with Crippen LogP contribution in [0.25, 0.3) is 0 Å². The second-order valence-electron chi connectivity index (χ2n) is 3.84. The van der Waals surface area contributed by atoms with Gasteiger partial charge in [0, 0.05) is 5.69 Å². The monoisotopic (exact) mass is 226 g/mol. The molecule has 2 heterocycles. The van der Waals surface area contributed by atoms with E-state index in [0.717, 1.165) is 12.1 Å². The molecule has 0 radical (unpaired) electrons. The molecule has 0 atom stereocenters. The van der Waals surface area contributed by atoms with Gasteiger partial charge >= 0.3 is 5.97 Å². The van der Waals surface area contributed by atoms with Crippen LogP contribution in [0.15, 0.2) is 6.07 Å². The molecule has 0 spiro atoms. The molecule has 0 amide bonds. The number of carboxylic acid groups (broad SMARTS) is 1. The number of hydrogen-bond acceptors (Lipinski definition) is 3. The van der Waals surface area contributed by atoms with Crippen LogP contribution in [0, 0.1) is 5.92 Å². The molecule has 0 bridgehead atoms. The number of carbonyl (C=O) groups is 1. The van der Waals surface area contributed by atoms with Crippen LogP contribution >= 0.6 is 11.8 Å². The molecule has 0 aromatic carbocycles. The predicted octanol–water partition coefficient (Wildman–Crippen LogP) is 1.79. The topological polar surface area (TPSA) is 66.0 Å². The molecule has 5 heteroatoms. The molecule has 1 aliphatic heterocycles. The highest BCUT2D eigenvalue weighted by Crippen LogP contribution is 2.25. The second kappa shape index (κ2) is 4.70. The summed E-state index contributed by atoms with van der Waals surface area (Å²) in [7, 11) is 0. The minimum Gasteiger partial charge on any atom is -0.476 e. The standard InChI is InChI=1S/C10H14N2O2S/c13-10(14)9-6-8(11-12-9)5-7-1-3-15-4-2-7/h6-7H,1-5H2,(H,11,12)(H,13,14). The first-order valence-electron chi connectivity index (χ1n) is 5.11. The Balaban J connectivity index is 1.94. The summed E-state index contributed by atoms with van der Waals surface area (Å²) in [5.41, 5.74) is 1.07. The van der Waals surface area contributed by atoms with Crippen LogP contribution in [-0.2, 0) is 6.42 Å². The van der Waals surface area contributed by atoms with Crippen LogP contribution in [-0.4, -0.2) is 32.8 Å². The SMILES string of the molecule is O=C(O)c1cc(CC2CCSCC2)[nH]n1. The fourth-order valence-electron chi connectivity index (χ4n) is 1.84. The van der Waals surface area contributed by atoms with Crippen molar-refractivity contribution in [3.05, 3.63) is 17.5 Å². The number of rotatable bonds is 3. The number of carboxylic acids is 1. The molecule has 1 aromatic heterocycles. The number of H-pyrrole nitrogens is 1. The van der Waals surface area contributed by atoms with Gasteiger partial charge in [-0.15, -0.1) is 0 Å². The Labute approximate surface area is 92.5 Å². The molecule has 1 saturated heterocycles. The van der Waals surface area contributed by atoms with Crippen LogP contribution in [0.1, 0.15) is 29.0 Å². The highest BCUT2D eigenvalue weighted by atomic mass is 32.2. The molecule has 4 nitrogen and oxygen atoms in total. The molecule has 1 aliphatic rings. The molecule has 1 fully saturated rings. The first-order chi connectivity index (χ1) is 7.25. The van der Waals surface area contributed by atoms with Gasteiger partial charge in [-0.2, -0.15) is 16.9 Å². The Kier molecular flexibility index (Phi) is 3.30. The van der Waals surface area contributed by atoms with Crippen molar-refractivity contribution in [1.29, 1.82) is 0 Å². The zero-order valence-electron chi connectivity index (χ0n) is 8.40. The smallest absolute Gasteiger partial charge is 0.356 e. The Morgan fingerprint density at radius 2 is 2.33 bits per heavy atom. The fraction of sp³-hybridized carbons (Fsp3) is 0.600. The molecule has 15 heavy (non-hydrogen) atoms. The van der Waals surface area contributed by atoms with E-state index in [1.54, 1.807) is 6.07 Å². The predicted molar refractivity (Wildman–Crippen MR) is 59.3 cm³/mol. The van der Waals surface area contributed by atoms with Crippen molar-refractivity contribution in [2.45, 2.75) is 19.3 Å². The van der Waals surface area contributed by atoms with Crippen LogP contribution in [0.3, 0.4) is 0 Å². The zero-order valence-corrected chi connectivity index (χ0v) is 9.22. The quantitative estimate of drug-likeness (QED) is 0.824. The maximum Gasteiger partial charge on any atom is 0.356 e. The van der Waals surface area contributed by atoms with E-state index in [4.69, 9.17) is 5.11 Å². The van der Waals surface area contributed by atoms with Gasteiger partial charge in [0.05, 0.1) is 0 Å². The van der Waals surface area contributed by atoms with Gasteiger partial charge in [-0.1, -0.05) is 0 Å². The van der Waals surface area contributed by atoms with E-state index in [1.807, 2.05) is 11.8 Å². The Bertz CT molecular complexity index is 345. The van der Waals surface area contributed by atoms with Crippen molar-refractivity contribution < 1.29 is 9.90 Å². The van der Waals surface area contributed by atoms with Gasteiger partial charge in [0.2, 0.25) is 0 Å². The van der Waals surface area contributed by atoms with Gasteiger partial charge in [-0.05, 0) is 42.8 Å². The summed E-state index contributed by atoms with van der Waals surface area (Å²) in [6.07, 6.45) is 3.39. The number of hydrogen-bond donors (Lipinski definition) is 2. The van der Waals surface area contributed by atoms with Crippen molar-refractivity contribution in [2.24, 2.45) is 5.92 Å². The lowest BCUT2D eigenvalue weighted by molar-refractivity contribution is 0.0690. The highest BCUT2D eigenvalue weighted by Gasteiger charge is 2.16. The second-order valence-corrected chi connectivity index (χ2v) is 5.07. The van der Waals surface area contributed by atoms with Crippen molar-refractivity contribution >= 4 is 17.7 Å². The number of nitrogens with one attached hydrogen (secondary N) is 1. The van der Waals surface area contributed by atoms with Crippen molar-refractivity contribution in [1.82, 2.24) is 10.2 Å². The molecule has 2 N–H and O–H groups in total. The van der Waals surface area contributed by atoms with E-state index < -0.39 is 5.97 Å². The third-order valence-electron chi connectivity index (χ3n) is 2.70. The summed E-state index contributed by atoms with van der Waals surface area (Å²) in [5.74, 6) is 2.18. The average Bonchev–Trinajstić information content (AvgIpc) is 2.68. The Morgan fingerprint density at radius 1 is 1.60 bits per heavy atom. The minimum absolute atomic E-state index is 0.121. The molecular formula is C10H14N2O2S. The highest BCUT2D eigenvalue weighted by molar-refractivity contribution is 7.99. The van der Waals surface area contributed by atoms with E-state index in [1.165, 1.54) is 24.3 Å². The third-order valence-corrected chi connectivity index (χ3v) is 3.75. The minimum atomic E-state index is -0.961. The van der Waals surface area contributed by atoms with Gasteiger partial charge in [0.15, 0.2) is 5.69 Å². The van der Waals surface area contributed by atoms with Crippen LogP contribution in [0.2, 0.25) is 0 Å². The van der Waals surface area contributed by atoms with E-state index in [9.17, 15) is 4.79 Å². The first kappa shape index (κ1) is 10.5. The maximum absolute atomic E-state index is 10.6. The molecule has 0 saturated carbocycles. The number of nitrogens with zero attached hydrogens (tertiary/aromatic N) is 1. The lowest BCUT2D eigenvalue weighted by Gasteiger charge is -2.20. The van der Waals surface area contributed by atoms with E-state index in [0.29, 0.717) is 5.92 Å². The summed E-state index contributed by atoms with van der Waals surface area (Å²) >= 11 is 2.00. The number of aromatic nitrogens is 2. The summed E-state index contributed by atoms with van der Waals surface area (Å²) in [6, 6.07) is 1.64. The van der Waals surface area contributed by atoms with Gasteiger partial charge in [-0.3, -0.25) is 5.10 Å². The number of aromatic amines is 1. The van der Waals surface area contributed by atoms with Gasteiger partial charge < -0.3 is 5.11 Å².